The minimum Gasteiger partial charge on any atom is -0.492 e. The van der Waals surface area contributed by atoms with Crippen molar-refractivity contribution in [2.45, 2.75) is 71.3 Å². The molecule has 0 saturated heterocycles. The second-order valence-electron chi connectivity index (χ2n) is 10.3. The maximum atomic E-state index is 13.2. The lowest BCUT2D eigenvalue weighted by Gasteiger charge is -2.26. The van der Waals surface area contributed by atoms with E-state index in [1.54, 1.807) is 43.0 Å². The van der Waals surface area contributed by atoms with Crippen molar-refractivity contribution in [1.29, 1.82) is 0 Å². The number of nitro benzene ring substituents is 1. The predicted molar refractivity (Wildman–Crippen MR) is 153 cm³/mol. The molecular formula is C30H41N3O7. The van der Waals surface area contributed by atoms with Crippen LogP contribution in [-0.4, -0.2) is 59.3 Å². The monoisotopic (exact) mass is 555 g/mol. The molecule has 0 radical (unpaired) electrons. The van der Waals surface area contributed by atoms with Crippen molar-refractivity contribution in [3.8, 4) is 5.75 Å². The Kier molecular flexibility index (Phi) is 12.2. The highest BCUT2D eigenvalue weighted by Crippen LogP contribution is 2.27. The number of hydrogen-bond donors (Lipinski definition) is 2. The van der Waals surface area contributed by atoms with Crippen molar-refractivity contribution in [1.82, 2.24) is 4.90 Å². The van der Waals surface area contributed by atoms with Crippen LogP contribution < -0.4 is 10.1 Å². The van der Waals surface area contributed by atoms with Gasteiger partial charge >= 0.3 is 12.0 Å². The van der Waals surface area contributed by atoms with Crippen LogP contribution in [0.5, 0.6) is 5.75 Å². The van der Waals surface area contributed by atoms with Gasteiger partial charge < -0.3 is 24.8 Å². The second kappa shape index (κ2) is 15.8. The number of benzene rings is 2. The van der Waals surface area contributed by atoms with Crippen LogP contribution in [0, 0.1) is 23.0 Å². The van der Waals surface area contributed by atoms with Gasteiger partial charge in [-0.2, -0.15) is 0 Å². The van der Waals surface area contributed by atoms with Gasteiger partial charge in [0.1, 0.15) is 12.4 Å². The third-order valence-corrected chi connectivity index (χ3v) is 7.33. The van der Waals surface area contributed by atoms with Gasteiger partial charge in [0, 0.05) is 36.9 Å². The maximum Gasteiger partial charge on any atom is 0.333 e. The van der Waals surface area contributed by atoms with Crippen molar-refractivity contribution in [3.63, 3.8) is 0 Å². The molecule has 0 aromatic heterocycles. The summed E-state index contributed by atoms with van der Waals surface area (Å²) >= 11 is 0. The van der Waals surface area contributed by atoms with E-state index >= 15 is 0 Å². The third kappa shape index (κ3) is 9.82. The number of ether oxygens (including phenoxy) is 2. The summed E-state index contributed by atoms with van der Waals surface area (Å²) in [5, 5.41) is 23.4. The number of carbonyl (C=O) groups excluding carboxylic acids is 1. The number of anilines is 1. The Morgan fingerprint density at radius 3 is 2.50 bits per heavy atom. The van der Waals surface area contributed by atoms with E-state index < -0.39 is 17.0 Å². The Labute approximate surface area is 235 Å². The number of carboxylic acids is 1. The average Bonchev–Trinajstić information content (AvgIpc) is 2.94. The van der Waals surface area contributed by atoms with Crippen LogP contribution in [-0.2, 0) is 16.0 Å². The molecule has 1 aliphatic carbocycles. The van der Waals surface area contributed by atoms with Crippen LogP contribution in [0.1, 0.15) is 63.0 Å². The number of aliphatic carboxylic acids is 1. The molecule has 2 aromatic rings. The van der Waals surface area contributed by atoms with Gasteiger partial charge in [0.05, 0.1) is 11.5 Å². The molecule has 10 heteroatoms. The number of hydrogen-bond acceptors (Lipinski definition) is 6. The second-order valence-corrected chi connectivity index (χ2v) is 10.3. The lowest BCUT2D eigenvalue weighted by Crippen LogP contribution is -2.38. The van der Waals surface area contributed by atoms with Crippen LogP contribution in [0.3, 0.4) is 0 Å². The summed E-state index contributed by atoms with van der Waals surface area (Å²) in [4.78, 5) is 37.1. The van der Waals surface area contributed by atoms with E-state index in [4.69, 9.17) is 9.47 Å². The lowest BCUT2D eigenvalue weighted by molar-refractivity contribution is -0.385. The molecule has 1 aliphatic rings. The van der Waals surface area contributed by atoms with Crippen LogP contribution >= 0.6 is 0 Å². The Hall–Kier alpha value is -3.66. The first-order valence-electron chi connectivity index (χ1n) is 14.1. The highest BCUT2D eigenvalue weighted by molar-refractivity contribution is 5.89. The molecule has 40 heavy (non-hydrogen) atoms. The molecule has 218 valence electrons. The largest absolute Gasteiger partial charge is 0.492 e. The van der Waals surface area contributed by atoms with Gasteiger partial charge in [-0.15, -0.1) is 0 Å². The fourth-order valence-corrected chi connectivity index (χ4v) is 5.08. The van der Waals surface area contributed by atoms with Gasteiger partial charge in [-0.05, 0) is 56.4 Å². The summed E-state index contributed by atoms with van der Waals surface area (Å²) in [6.07, 6.45) is 7.66. The third-order valence-electron chi connectivity index (χ3n) is 7.33. The van der Waals surface area contributed by atoms with Crippen molar-refractivity contribution in [3.05, 3.63) is 63.7 Å². The topological polar surface area (TPSA) is 131 Å². The zero-order valence-corrected chi connectivity index (χ0v) is 23.5. The number of aryl methyl sites for hydroxylation is 1. The molecule has 1 saturated carbocycles. The van der Waals surface area contributed by atoms with E-state index in [-0.39, 0.29) is 24.7 Å². The number of nitrogens with one attached hydrogen (secondary N) is 1. The summed E-state index contributed by atoms with van der Waals surface area (Å²) in [7, 11) is 0. The Morgan fingerprint density at radius 1 is 1.12 bits per heavy atom. The van der Waals surface area contributed by atoms with Crippen molar-refractivity contribution >= 4 is 23.4 Å². The van der Waals surface area contributed by atoms with E-state index in [1.807, 2.05) is 12.1 Å². The van der Waals surface area contributed by atoms with Gasteiger partial charge in [0.15, 0.2) is 6.10 Å². The van der Waals surface area contributed by atoms with E-state index in [1.165, 1.54) is 38.2 Å². The van der Waals surface area contributed by atoms with Crippen molar-refractivity contribution < 1.29 is 29.1 Å². The first-order valence-corrected chi connectivity index (χ1v) is 14.1. The van der Waals surface area contributed by atoms with Crippen LogP contribution in [0.25, 0.3) is 0 Å². The van der Waals surface area contributed by atoms with Crippen LogP contribution in [0.15, 0.2) is 42.5 Å². The molecule has 2 amide bonds. The number of urea groups is 1. The highest BCUT2D eigenvalue weighted by atomic mass is 16.6. The molecule has 3 rings (SSSR count). The highest BCUT2D eigenvalue weighted by Gasteiger charge is 2.20. The molecular weight excluding hydrogens is 514 g/mol. The fourth-order valence-electron chi connectivity index (χ4n) is 5.08. The molecule has 2 aromatic carbocycles. The smallest absolute Gasteiger partial charge is 0.333 e. The minimum absolute atomic E-state index is 0.0376. The normalized spacial score (nSPS) is 14.3. The summed E-state index contributed by atoms with van der Waals surface area (Å²) in [5.74, 6) is 0.324. The molecule has 1 fully saturated rings. The first kappa shape index (κ1) is 30.9. The van der Waals surface area contributed by atoms with E-state index in [0.29, 0.717) is 42.6 Å². The Balaban J connectivity index is 1.58. The number of amides is 2. The van der Waals surface area contributed by atoms with E-state index in [0.717, 1.165) is 18.4 Å². The molecule has 2 N–H and O–H groups in total. The maximum absolute atomic E-state index is 13.2. The lowest BCUT2D eigenvalue weighted by atomic mass is 9.86. The Morgan fingerprint density at radius 2 is 1.85 bits per heavy atom. The quantitative estimate of drug-likeness (QED) is 0.197. The number of carbonyl (C=O) groups is 2. The molecule has 10 nitrogen and oxygen atoms in total. The molecule has 0 heterocycles. The first-order chi connectivity index (χ1) is 19.3. The summed E-state index contributed by atoms with van der Waals surface area (Å²) in [5.41, 5.74) is 1.69. The Bertz CT molecular complexity index is 1120. The summed E-state index contributed by atoms with van der Waals surface area (Å²) in [6.45, 7) is 4.92. The zero-order chi connectivity index (χ0) is 28.9. The molecule has 1 unspecified atom stereocenters. The van der Waals surface area contributed by atoms with Crippen LogP contribution in [0.2, 0.25) is 0 Å². The predicted octanol–water partition coefficient (Wildman–Crippen LogP) is 6.21. The van der Waals surface area contributed by atoms with Crippen molar-refractivity contribution in [2.24, 2.45) is 5.92 Å². The van der Waals surface area contributed by atoms with Crippen LogP contribution in [0.4, 0.5) is 16.2 Å². The zero-order valence-electron chi connectivity index (χ0n) is 23.5. The van der Waals surface area contributed by atoms with E-state index in [9.17, 15) is 24.8 Å². The average molecular weight is 556 g/mol. The van der Waals surface area contributed by atoms with E-state index in [2.05, 4.69) is 5.32 Å². The van der Waals surface area contributed by atoms with Gasteiger partial charge in [-0.1, -0.05) is 50.3 Å². The molecule has 0 spiro atoms. The van der Waals surface area contributed by atoms with Crippen molar-refractivity contribution in [2.75, 3.05) is 31.6 Å². The molecule has 0 bridgehead atoms. The number of carboxylic acid groups (broad SMARTS) is 1. The summed E-state index contributed by atoms with van der Waals surface area (Å²) < 4.78 is 11.2. The van der Waals surface area contributed by atoms with Gasteiger partial charge in [-0.3, -0.25) is 10.1 Å². The van der Waals surface area contributed by atoms with Gasteiger partial charge in [0.25, 0.3) is 5.69 Å². The standard InChI is InChI=1S/C30H41N3O7/c1-3-39-28(29(34)35)20-24-12-15-26(16-13-24)40-19-18-32(17-7-10-23-8-5-4-6-9-23)30(36)31-25-14-11-22(2)27(21-25)33(37)38/h11-16,21,23,28H,3-10,17-20H2,1-2H3,(H,31,36)(H,34,35). The minimum atomic E-state index is -0.996. The number of nitrogens with zero attached hydrogens (tertiary/aromatic N) is 2. The fraction of sp³-hybridized carbons (Fsp3) is 0.533. The van der Waals surface area contributed by atoms with Gasteiger partial charge in [-0.25, -0.2) is 9.59 Å². The van der Waals surface area contributed by atoms with Gasteiger partial charge in [0.2, 0.25) is 0 Å². The number of nitro groups is 1. The summed E-state index contributed by atoms with van der Waals surface area (Å²) in [6, 6.07) is 11.5. The number of rotatable bonds is 15. The molecule has 1 atom stereocenters. The SMILES string of the molecule is CCOC(Cc1ccc(OCCN(CCCC2CCCCC2)C(=O)Nc2ccc(C)c([N+](=O)[O-])c2)cc1)C(=O)O. The molecule has 0 aliphatic heterocycles.